The Labute approximate surface area is 185 Å². The third kappa shape index (κ3) is 6.50. The predicted octanol–water partition coefficient (Wildman–Crippen LogP) is 6.42. The van der Waals surface area contributed by atoms with E-state index >= 15 is 0 Å². The first-order valence-corrected chi connectivity index (χ1v) is 10.8. The molecule has 4 heteroatoms. The van der Waals surface area contributed by atoms with Crippen molar-refractivity contribution in [3.8, 4) is 0 Å². The van der Waals surface area contributed by atoms with Gasteiger partial charge in [-0.15, -0.1) is 0 Å². The fourth-order valence-corrected chi connectivity index (χ4v) is 3.52. The highest BCUT2D eigenvalue weighted by Crippen LogP contribution is 2.19. The molecule has 31 heavy (non-hydrogen) atoms. The molecule has 0 unspecified atom stereocenters. The van der Waals surface area contributed by atoms with Crippen molar-refractivity contribution in [3.63, 3.8) is 0 Å². The Bertz CT molecular complexity index is 1090. The standard InChI is InChI=1S/C27H32N2O2/c1-20(2)8-7-9-21(3)12-15-25(26(30)27-28-16-17-29(27)4)31-19-22-13-14-23-10-5-6-11-24(23)18-22/h5-6,8,10-14,16-18,25H,7,9,15,19H2,1-4H3/b21-12+/t25-/m0/s1. The van der Waals surface area contributed by atoms with Crippen molar-refractivity contribution < 1.29 is 9.53 Å². The van der Waals surface area contributed by atoms with Gasteiger partial charge in [-0.2, -0.15) is 0 Å². The van der Waals surface area contributed by atoms with Crippen LogP contribution in [-0.4, -0.2) is 21.4 Å². The number of carbonyl (C=O) groups excluding carboxylic acids is 1. The van der Waals surface area contributed by atoms with Crippen molar-refractivity contribution in [1.82, 2.24) is 9.55 Å². The van der Waals surface area contributed by atoms with Gasteiger partial charge in [-0.05, 0) is 62.4 Å². The molecule has 0 radical (unpaired) electrons. The van der Waals surface area contributed by atoms with Gasteiger partial charge in [0.2, 0.25) is 5.78 Å². The number of nitrogens with zero attached hydrogens (tertiary/aromatic N) is 2. The first-order chi connectivity index (χ1) is 14.9. The van der Waals surface area contributed by atoms with Crippen LogP contribution in [0.4, 0.5) is 0 Å². The van der Waals surface area contributed by atoms with E-state index in [-0.39, 0.29) is 5.78 Å². The Morgan fingerprint density at radius 3 is 2.58 bits per heavy atom. The monoisotopic (exact) mass is 416 g/mol. The highest BCUT2D eigenvalue weighted by atomic mass is 16.5. The average Bonchev–Trinajstić information content (AvgIpc) is 3.18. The van der Waals surface area contributed by atoms with E-state index in [1.54, 1.807) is 17.0 Å². The van der Waals surface area contributed by atoms with Crippen LogP contribution in [0.2, 0.25) is 0 Å². The zero-order valence-electron chi connectivity index (χ0n) is 19.0. The van der Waals surface area contributed by atoms with Crippen LogP contribution < -0.4 is 0 Å². The molecule has 0 saturated carbocycles. The minimum atomic E-state index is -0.564. The number of hydrogen-bond acceptors (Lipinski definition) is 3. The molecule has 0 fully saturated rings. The number of ketones is 1. The molecule has 0 saturated heterocycles. The Morgan fingerprint density at radius 2 is 1.87 bits per heavy atom. The maximum absolute atomic E-state index is 13.1. The van der Waals surface area contributed by atoms with E-state index in [0.29, 0.717) is 18.9 Å². The SMILES string of the molecule is CC(C)=CCC/C(C)=C/C[C@H](OCc1ccc2ccccc2c1)C(=O)c1nccn1C. The molecule has 0 amide bonds. The van der Waals surface area contributed by atoms with E-state index in [2.05, 4.69) is 68.2 Å². The number of ether oxygens (including phenoxy) is 1. The second-order valence-electron chi connectivity index (χ2n) is 8.31. The second kappa shape index (κ2) is 10.9. The van der Waals surface area contributed by atoms with Crippen LogP contribution in [0, 0.1) is 0 Å². The minimum Gasteiger partial charge on any atom is -0.365 e. The lowest BCUT2D eigenvalue weighted by Gasteiger charge is -2.16. The molecule has 0 aliphatic carbocycles. The number of carbonyl (C=O) groups is 1. The molecule has 3 aromatic rings. The van der Waals surface area contributed by atoms with Gasteiger partial charge in [-0.3, -0.25) is 4.79 Å². The maximum Gasteiger partial charge on any atom is 0.227 e. The van der Waals surface area contributed by atoms with Gasteiger partial charge in [0.25, 0.3) is 0 Å². The number of aryl methyl sites for hydroxylation is 1. The molecule has 0 spiro atoms. The third-order valence-electron chi connectivity index (χ3n) is 5.37. The summed E-state index contributed by atoms with van der Waals surface area (Å²) in [6.07, 6.45) is 9.78. The predicted molar refractivity (Wildman–Crippen MR) is 127 cm³/mol. The van der Waals surface area contributed by atoms with Gasteiger partial charge in [0.1, 0.15) is 6.10 Å². The molecule has 1 heterocycles. The van der Waals surface area contributed by atoms with Crippen LogP contribution in [0.5, 0.6) is 0 Å². The van der Waals surface area contributed by atoms with Crippen LogP contribution in [-0.2, 0) is 18.4 Å². The lowest BCUT2D eigenvalue weighted by Crippen LogP contribution is -2.26. The first kappa shape index (κ1) is 22.7. The van der Waals surface area contributed by atoms with E-state index < -0.39 is 6.10 Å². The van der Waals surface area contributed by atoms with Gasteiger partial charge in [0.05, 0.1) is 6.61 Å². The highest BCUT2D eigenvalue weighted by Gasteiger charge is 2.23. The zero-order chi connectivity index (χ0) is 22.2. The van der Waals surface area contributed by atoms with E-state index in [1.807, 2.05) is 19.2 Å². The fraction of sp³-hybridized carbons (Fsp3) is 0.333. The van der Waals surface area contributed by atoms with Gasteiger partial charge in [-0.1, -0.05) is 59.7 Å². The summed E-state index contributed by atoms with van der Waals surface area (Å²) < 4.78 is 7.90. The van der Waals surface area contributed by atoms with Crippen LogP contribution in [0.15, 0.2) is 78.2 Å². The Kier molecular flexibility index (Phi) is 7.96. The summed E-state index contributed by atoms with van der Waals surface area (Å²) in [6.45, 7) is 6.73. The van der Waals surface area contributed by atoms with Crippen molar-refractivity contribution in [2.75, 3.05) is 0 Å². The van der Waals surface area contributed by atoms with E-state index in [9.17, 15) is 4.79 Å². The third-order valence-corrected chi connectivity index (χ3v) is 5.37. The Balaban J connectivity index is 1.72. The van der Waals surface area contributed by atoms with Crippen molar-refractivity contribution in [2.45, 2.75) is 52.7 Å². The number of aromatic nitrogens is 2. The summed E-state index contributed by atoms with van der Waals surface area (Å²) in [5, 5.41) is 2.37. The number of hydrogen-bond donors (Lipinski definition) is 0. The number of rotatable bonds is 10. The summed E-state index contributed by atoms with van der Waals surface area (Å²) in [5.41, 5.74) is 3.65. The summed E-state index contributed by atoms with van der Waals surface area (Å²) in [7, 11) is 1.83. The molecular weight excluding hydrogens is 384 g/mol. The van der Waals surface area contributed by atoms with Crippen LogP contribution in [0.3, 0.4) is 0 Å². The molecule has 4 nitrogen and oxygen atoms in total. The number of allylic oxidation sites excluding steroid dienone is 3. The average molecular weight is 417 g/mol. The Hall–Kier alpha value is -2.98. The van der Waals surface area contributed by atoms with E-state index in [0.717, 1.165) is 18.4 Å². The number of imidazole rings is 1. The first-order valence-electron chi connectivity index (χ1n) is 10.8. The highest BCUT2D eigenvalue weighted by molar-refractivity contribution is 5.96. The summed E-state index contributed by atoms with van der Waals surface area (Å²) in [5.74, 6) is 0.348. The van der Waals surface area contributed by atoms with Gasteiger partial charge < -0.3 is 9.30 Å². The minimum absolute atomic E-state index is 0.0818. The van der Waals surface area contributed by atoms with E-state index in [1.165, 1.54) is 21.9 Å². The molecule has 0 N–H and O–H groups in total. The lowest BCUT2D eigenvalue weighted by atomic mass is 10.0. The molecule has 0 aliphatic heterocycles. The second-order valence-corrected chi connectivity index (χ2v) is 8.31. The number of benzene rings is 2. The van der Waals surface area contributed by atoms with Gasteiger partial charge >= 0.3 is 0 Å². The normalized spacial score (nSPS) is 12.7. The molecule has 3 rings (SSSR count). The molecule has 0 bridgehead atoms. The molecule has 1 atom stereocenters. The van der Waals surface area contributed by atoms with Gasteiger partial charge in [0, 0.05) is 19.4 Å². The number of Topliss-reactive ketones (excluding diaryl/α,β-unsaturated/α-hetero) is 1. The molecule has 1 aromatic heterocycles. The smallest absolute Gasteiger partial charge is 0.227 e. The summed E-state index contributed by atoms with van der Waals surface area (Å²) in [4.78, 5) is 17.4. The quantitative estimate of drug-likeness (QED) is 0.283. The van der Waals surface area contributed by atoms with Crippen molar-refractivity contribution in [2.24, 2.45) is 7.05 Å². The lowest BCUT2D eigenvalue weighted by molar-refractivity contribution is 0.0340. The molecule has 2 aromatic carbocycles. The molecule has 0 aliphatic rings. The molecular formula is C27H32N2O2. The van der Waals surface area contributed by atoms with Crippen molar-refractivity contribution in [1.29, 1.82) is 0 Å². The zero-order valence-corrected chi connectivity index (χ0v) is 19.0. The van der Waals surface area contributed by atoms with Gasteiger partial charge in [-0.25, -0.2) is 4.98 Å². The number of fused-ring (bicyclic) bond motifs is 1. The topological polar surface area (TPSA) is 44.1 Å². The Morgan fingerprint density at radius 1 is 1.10 bits per heavy atom. The fourth-order valence-electron chi connectivity index (χ4n) is 3.52. The van der Waals surface area contributed by atoms with E-state index in [4.69, 9.17) is 4.74 Å². The van der Waals surface area contributed by atoms with Gasteiger partial charge in [0.15, 0.2) is 5.82 Å². The maximum atomic E-state index is 13.1. The van der Waals surface area contributed by atoms with Crippen LogP contribution >= 0.6 is 0 Å². The summed E-state index contributed by atoms with van der Waals surface area (Å²) in [6, 6.07) is 14.5. The van der Waals surface area contributed by atoms with Crippen molar-refractivity contribution >= 4 is 16.6 Å². The van der Waals surface area contributed by atoms with Crippen LogP contribution in [0.25, 0.3) is 10.8 Å². The van der Waals surface area contributed by atoms with Crippen LogP contribution in [0.1, 0.15) is 56.2 Å². The molecule has 162 valence electrons. The van der Waals surface area contributed by atoms with Crippen molar-refractivity contribution in [3.05, 3.63) is 89.5 Å². The largest absolute Gasteiger partial charge is 0.365 e. The summed E-state index contributed by atoms with van der Waals surface area (Å²) >= 11 is 0.